The Morgan fingerprint density at radius 2 is 1.90 bits per heavy atom. The Labute approximate surface area is 127 Å². The minimum atomic E-state index is 0.296. The van der Waals surface area contributed by atoms with E-state index in [2.05, 4.69) is 31.3 Å². The van der Waals surface area contributed by atoms with Crippen molar-refractivity contribution in [3.05, 3.63) is 34.9 Å². The highest BCUT2D eigenvalue weighted by Gasteiger charge is 2.19. The second kappa shape index (κ2) is 9.35. The molecule has 3 N–H and O–H groups in total. The van der Waals surface area contributed by atoms with Gasteiger partial charge >= 0.3 is 0 Å². The second-order valence-electron chi connectivity index (χ2n) is 5.52. The maximum atomic E-state index is 5.97. The lowest BCUT2D eigenvalue weighted by molar-refractivity contribution is 0.150. The first-order chi connectivity index (χ1) is 9.58. The second-order valence-corrected chi connectivity index (χ2v) is 5.96. The first kappa shape index (κ1) is 17.4. The van der Waals surface area contributed by atoms with Crippen LogP contribution < -0.4 is 11.1 Å². The third-order valence-corrected chi connectivity index (χ3v) is 3.69. The lowest BCUT2D eigenvalue weighted by Crippen LogP contribution is -2.38. The van der Waals surface area contributed by atoms with Crippen LogP contribution in [-0.4, -0.2) is 26.3 Å². The summed E-state index contributed by atoms with van der Waals surface area (Å²) in [6.07, 6.45) is 2.04. The fourth-order valence-electron chi connectivity index (χ4n) is 2.38. The third kappa shape index (κ3) is 5.80. The lowest BCUT2D eigenvalue weighted by atomic mass is 9.94. The van der Waals surface area contributed by atoms with Crippen molar-refractivity contribution in [3.8, 4) is 0 Å². The van der Waals surface area contributed by atoms with Gasteiger partial charge in [0.15, 0.2) is 0 Å². The molecule has 0 aliphatic heterocycles. The molecule has 2 unspecified atom stereocenters. The molecule has 1 aromatic rings. The predicted molar refractivity (Wildman–Crippen MR) is 86.1 cm³/mol. The highest BCUT2D eigenvalue weighted by atomic mass is 35.5. The van der Waals surface area contributed by atoms with Crippen LogP contribution in [0.1, 0.15) is 38.3 Å². The molecule has 0 radical (unpaired) electrons. The van der Waals surface area contributed by atoms with E-state index in [0.29, 0.717) is 24.6 Å². The Kier molecular flexibility index (Phi) is 8.15. The molecule has 1 rings (SSSR count). The summed E-state index contributed by atoms with van der Waals surface area (Å²) in [4.78, 5) is 0. The average Bonchev–Trinajstić information content (AvgIpc) is 2.42. The number of ether oxygens (including phenoxy) is 1. The van der Waals surface area contributed by atoms with Crippen molar-refractivity contribution in [2.75, 3.05) is 20.3 Å². The molecule has 0 aliphatic carbocycles. The number of benzene rings is 1. The van der Waals surface area contributed by atoms with E-state index < -0.39 is 0 Å². The third-order valence-electron chi connectivity index (χ3n) is 3.44. The van der Waals surface area contributed by atoms with Gasteiger partial charge in [0, 0.05) is 24.2 Å². The molecule has 0 spiro atoms. The van der Waals surface area contributed by atoms with E-state index in [0.717, 1.165) is 24.4 Å². The van der Waals surface area contributed by atoms with Crippen molar-refractivity contribution >= 4 is 11.6 Å². The summed E-state index contributed by atoms with van der Waals surface area (Å²) >= 11 is 5.97. The van der Waals surface area contributed by atoms with Gasteiger partial charge in [-0.3, -0.25) is 0 Å². The molecule has 0 aromatic heterocycles. The first-order valence-electron chi connectivity index (χ1n) is 7.29. The Balaban J connectivity index is 2.76. The van der Waals surface area contributed by atoms with Crippen molar-refractivity contribution in [2.24, 2.45) is 11.7 Å². The Morgan fingerprint density at radius 1 is 1.25 bits per heavy atom. The monoisotopic (exact) mass is 298 g/mol. The zero-order chi connectivity index (χ0) is 15.0. The highest BCUT2D eigenvalue weighted by Crippen LogP contribution is 2.24. The Morgan fingerprint density at radius 3 is 2.40 bits per heavy atom. The lowest BCUT2D eigenvalue weighted by Gasteiger charge is -2.28. The number of nitrogens with one attached hydrogen (secondary N) is 1. The Hall–Kier alpha value is -0.610. The Bertz CT molecular complexity index is 367. The summed E-state index contributed by atoms with van der Waals surface area (Å²) in [7, 11) is 1.74. The van der Waals surface area contributed by atoms with Crippen LogP contribution in [0.3, 0.4) is 0 Å². The number of hydrogen-bond donors (Lipinski definition) is 2. The van der Waals surface area contributed by atoms with Crippen LogP contribution in [0.2, 0.25) is 5.02 Å². The summed E-state index contributed by atoms with van der Waals surface area (Å²) in [6.45, 7) is 5.87. The van der Waals surface area contributed by atoms with Gasteiger partial charge in [-0.05, 0) is 43.0 Å². The molecule has 0 saturated carbocycles. The van der Waals surface area contributed by atoms with Gasteiger partial charge in [0.25, 0.3) is 0 Å². The largest absolute Gasteiger partial charge is 0.383 e. The molecular formula is C16H27ClN2O. The van der Waals surface area contributed by atoms with E-state index in [-0.39, 0.29) is 0 Å². The van der Waals surface area contributed by atoms with E-state index in [1.54, 1.807) is 7.11 Å². The predicted octanol–water partition coefficient (Wildman–Crippen LogP) is 3.38. The van der Waals surface area contributed by atoms with Gasteiger partial charge < -0.3 is 15.8 Å². The van der Waals surface area contributed by atoms with Crippen molar-refractivity contribution in [1.82, 2.24) is 5.32 Å². The minimum absolute atomic E-state index is 0.296. The van der Waals surface area contributed by atoms with Crippen LogP contribution in [0.25, 0.3) is 0 Å². The molecule has 1 aromatic carbocycles. The fourth-order valence-corrected chi connectivity index (χ4v) is 2.50. The number of halogens is 1. The normalized spacial score (nSPS) is 14.5. The summed E-state index contributed by atoms with van der Waals surface area (Å²) in [5.41, 5.74) is 6.87. The van der Waals surface area contributed by atoms with E-state index in [4.69, 9.17) is 22.1 Å². The average molecular weight is 299 g/mol. The van der Waals surface area contributed by atoms with Crippen LogP contribution in [0.5, 0.6) is 0 Å². The van der Waals surface area contributed by atoms with Crippen molar-refractivity contribution in [3.63, 3.8) is 0 Å². The molecule has 3 nitrogen and oxygen atoms in total. The molecule has 0 bridgehead atoms. The van der Waals surface area contributed by atoms with Gasteiger partial charge in [0.1, 0.15) is 0 Å². The summed E-state index contributed by atoms with van der Waals surface area (Å²) in [5, 5.41) is 4.47. The van der Waals surface area contributed by atoms with Crippen molar-refractivity contribution in [1.29, 1.82) is 0 Å². The quantitative estimate of drug-likeness (QED) is 0.735. The standard InChI is InChI=1S/C16H27ClN2O/c1-12(2)16(13-6-8-14(17)9-7-13)19-15(11-20-3)5-4-10-18/h6-9,12,15-16,19H,4-5,10-11,18H2,1-3H3. The zero-order valence-electron chi connectivity index (χ0n) is 12.7. The number of nitrogens with two attached hydrogens (primary N) is 1. The van der Waals surface area contributed by atoms with Crippen LogP contribution in [-0.2, 0) is 4.74 Å². The van der Waals surface area contributed by atoms with Gasteiger partial charge in [-0.2, -0.15) is 0 Å². The van der Waals surface area contributed by atoms with Gasteiger partial charge in [-0.1, -0.05) is 37.6 Å². The minimum Gasteiger partial charge on any atom is -0.383 e. The van der Waals surface area contributed by atoms with Gasteiger partial charge in [0.2, 0.25) is 0 Å². The SMILES string of the molecule is COCC(CCCN)NC(c1ccc(Cl)cc1)C(C)C. The van der Waals surface area contributed by atoms with E-state index in [1.165, 1.54) is 5.56 Å². The number of hydrogen-bond acceptors (Lipinski definition) is 3. The number of rotatable bonds is 9. The molecular weight excluding hydrogens is 272 g/mol. The van der Waals surface area contributed by atoms with E-state index in [1.807, 2.05) is 12.1 Å². The maximum absolute atomic E-state index is 5.97. The maximum Gasteiger partial charge on any atom is 0.0616 e. The molecule has 0 amide bonds. The molecule has 0 aliphatic rings. The van der Waals surface area contributed by atoms with Crippen LogP contribution in [0, 0.1) is 5.92 Å². The fraction of sp³-hybridized carbons (Fsp3) is 0.625. The van der Waals surface area contributed by atoms with Gasteiger partial charge in [-0.25, -0.2) is 0 Å². The molecule has 0 heterocycles. The highest BCUT2D eigenvalue weighted by molar-refractivity contribution is 6.30. The van der Waals surface area contributed by atoms with Crippen molar-refractivity contribution in [2.45, 2.75) is 38.8 Å². The van der Waals surface area contributed by atoms with Crippen LogP contribution in [0.4, 0.5) is 0 Å². The van der Waals surface area contributed by atoms with Crippen LogP contribution in [0.15, 0.2) is 24.3 Å². The first-order valence-corrected chi connectivity index (χ1v) is 7.66. The topological polar surface area (TPSA) is 47.3 Å². The van der Waals surface area contributed by atoms with Gasteiger partial charge in [-0.15, -0.1) is 0 Å². The molecule has 0 fully saturated rings. The summed E-state index contributed by atoms with van der Waals surface area (Å²) in [6, 6.07) is 8.69. The summed E-state index contributed by atoms with van der Waals surface area (Å²) < 4.78 is 5.31. The molecule has 114 valence electrons. The number of methoxy groups -OCH3 is 1. The smallest absolute Gasteiger partial charge is 0.0616 e. The van der Waals surface area contributed by atoms with Crippen molar-refractivity contribution < 1.29 is 4.74 Å². The molecule has 2 atom stereocenters. The molecule has 4 heteroatoms. The molecule has 20 heavy (non-hydrogen) atoms. The van der Waals surface area contributed by atoms with Gasteiger partial charge in [0.05, 0.1) is 6.61 Å². The summed E-state index contributed by atoms with van der Waals surface area (Å²) in [5.74, 6) is 0.494. The van der Waals surface area contributed by atoms with E-state index >= 15 is 0 Å². The van der Waals surface area contributed by atoms with Crippen LogP contribution >= 0.6 is 11.6 Å². The zero-order valence-corrected chi connectivity index (χ0v) is 13.5. The molecule has 0 saturated heterocycles. The van der Waals surface area contributed by atoms with E-state index in [9.17, 15) is 0 Å².